The third-order valence-corrected chi connectivity index (χ3v) is 4.13. The van der Waals surface area contributed by atoms with Gasteiger partial charge in [0, 0.05) is 31.3 Å². The molecular weight excluding hydrogens is 335 g/mol. The predicted molar refractivity (Wildman–Crippen MR) is 88.3 cm³/mol. The summed E-state index contributed by atoms with van der Waals surface area (Å²) in [7, 11) is 1.83. The predicted octanol–water partition coefficient (Wildman–Crippen LogP) is 2.74. The van der Waals surface area contributed by atoms with Gasteiger partial charge in [0.25, 0.3) is 5.91 Å². The van der Waals surface area contributed by atoms with E-state index in [1.54, 1.807) is 4.90 Å². The maximum atomic E-state index is 13.1. The maximum Gasteiger partial charge on any atom is 0.416 e. The van der Waals surface area contributed by atoms with Crippen LogP contribution < -0.4 is 10.6 Å². The van der Waals surface area contributed by atoms with Crippen LogP contribution in [0.25, 0.3) is 0 Å². The van der Waals surface area contributed by atoms with E-state index < -0.39 is 23.6 Å². The van der Waals surface area contributed by atoms with E-state index in [1.165, 1.54) is 13.0 Å². The lowest BCUT2D eigenvalue weighted by Crippen LogP contribution is -2.42. The van der Waals surface area contributed by atoms with Gasteiger partial charge in [-0.1, -0.05) is 0 Å². The number of carbonyl (C=O) groups is 2. The van der Waals surface area contributed by atoms with Gasteiger partial charge in [0.15, 0.2) is 0 Å². The van der Waals surface area contributed by atoms with E-state index in [2.05, 4.69) is 10.6 Å². The summed E-state index contributed by atoms with van der Waals surface area (Å²) < 4.78 is 39.3. The number of piperidine rings is 1. The fourth-order valence-electron chi connectivity index (χ4n) is 3.08. The maximum absolute atomic E-state index is 13.1. The normalized spacial score (nSPS) is 18.1. The highest BCUT2D eigenvalue weighted by molar-refractivity contribution is 5.97. The molecule has 2 rings (SSSR count). The number of alkyl halides is 3. The Hall–Kier alpha value is -2.09. The fourth-order valence-corrected chi connectivity index (χ4v) is 3.08. The number of hydrogen-bond acceptors (Lipinski definition) is 3. The minimum Gasteiger partial charge on any atom is -0.338 e. The zero-order chi connectivity index (χ0) is 18.6. The van der Waals surface area contributed by atoms with Crippen molar-refractivity contribution >= 4 is 17.5 Å². The number of hydrogen-bond donors (Lipinski definition) is 2. The molecule has 1 aromatic rings. The van der Waals surface area contributed by atoms with Gasteiger partial charge in [-0.2, -0.15) is 13.2 Å². The van der Waals surface area contributed by atoms with Crippen LogP contribution in [0.15, 0.2) is 18.2 Å². The Bertz CT molecular complexity index is 645. The third kappa shape index (κ3) is 5.19. The molecule has 2 amide bonds. The number of anilines is 1. The molecule has 0 spiro atoms. The molecule has 1 fully saturated rings. The second-order valence-corrected chi connectivity index (χ2v) is 6.30. The first kappa shape index (κ1) is 19.2. The van der Waals surface area contributed by atoms with Crippen molar-refractivity contribution in [3.8, 4) is 0 Å². The van der Waals surface area contributed by atoms with E-state index in [0.29, 0.717) is 13.1 Å². The first-order valence-corrected chi connectivity index (χ1v) is 8.14. The molecular formula is C17H22F3N3O2. The number of nitrogens with zero attached hydrogens (tertiary/aromatic N) is 1. The standard InChI is InChI=1S/C17H22F3N3O2/c1-11(24)22-15-7-13(6-14(8-15)17(18,19)20)16(25)23-5-3-4-12(10-23)9-21-2/h6-8,12,21H,3-5,9-10H2,1-2H3,(H,22,24). The van der Waals surface area contributed by atoms with Gasteiger partial charge in [0.05, 0.1) is 5.56 Å². The summed E-state index contributed by atoms with van der Waals surface area (Å²) in [6.07, 6.45) is -2.81. The number of benzene rings is 1. The Labute approximate surface area is 144 Å². The number of rotatable bonds is 4. The Morgan fingerprint density at radius 1 is 1.28 bits per heavy atom. The average molecular weight is 357 g/mol. The van der Waals surface area contributed by atoms with E-state index in [-0.39, 0.29) is 17.2 Å². The van der Waals surface area contributed by atoms with Crippen LogP contribution in [0.2, 0.25) is 0 Å². The van der Waals surface area contributed by atoms with Crippen LogP contribution in [-0.2, 0) is 11.0 Å². The second-order valence-electron chi connectivity index (χ2n) is 6.30. The number of nitrogens with one attached hydrogen (secondary N) is 2. The fraction of sp³-hybridized carbons (Fsp3) is 0.529. The smallest absolute Gasteiger partial charge is 0.338 e. The molecule has 0 aliphatic carbocycles. The largest absolute Gasteiger partial charge is 0.416 e. The molecule has 1 saturated heterocycles. The number of amides is 2. The van der Waals surface area contributed by atoms with Crippen LogP contribution >= 0.6 is 0 Å². The summed E-state index contributed by atoms with van der Waals surface area (Å²) in [6, 6.07) is 2.97. The molecule has 1 unspecified atom stereocenters. The number of halogens is 3. The van der Waals surface area contributed by atoms with Crippen LogP contribution in [0, 0.1) is 5.92 Å². The van der Waals surface area contributed by atoms with E-state index in [1.807, 2.05) is 7.05 Å². The zero-order valence-corrected chi connectivity index (χ0v) is 14.2. The van der Waals surface area contributed by atoms with Crippen molar-refractivity contribution < 1.29 is 22.8 Å². The molecule has 0 radical (unpaired) electrons. The lowest BCUT2D eigenvalue weighted by molar-refractivity contribution is -0.137. The van der Waals surface area contributed by atoms with Crippen molar-refractivity contribution in [1.29, 1.82) is 0 Å². The molecule has 0 bridgehead atoms. The van der Waals surface area contributed by atoms with Crippen LogP contribution in [0.1, 0.15) is 35.7 Å². The van der Waals surface area contributed by atoms with Gasteiger partial charge in [-0.25, -0.2) is 0 Å². The van der Waals surface area contributed by atoms with Crippen molar-refractivity contribution in [3.05, 3.63) is 29.3 Å². The Morgan fingerprint density at radius 2 is 2.00 bits per heavy atom. The number of carbonyl (C=O) groups excluding carboxylic acids is 2. The molecule has 138 valence electrons. The van der Waals surface area contributed by atoms with Gasteiger partial charge >= 0.3 is 6.18 Å². The highest BCUT2D eigenvalue weighted by Gasteiger charge is 2.33. The minimum atomic E-state index is -4.60. The first-order valence-electron chi connectivity index (χ1n) is 8.14. The lowest BCUT2D eigenvalue weighted by Gasteiger charge is -2.33. The summed E-state index contributed by atoms with van der Waals surface area (Å²) in [6.45, 7) is 2.98. The van der Waals surface area contributed by atoms with E-state index in [0.717, 1.165) is 31.5 Å². The van der Waals surface area contributed by atoms with Gasteiger partial charge in [-0.05, 0) is 50.6 Å². The molecule has 1 aromatic carbocycles. The van der Waals surface area contributed by atoms with Gasteiger partial charge in [-0.3, -0.25) is 9.59 Å². The van der Waals surface area contributed by atoms with Crippen LogP contribution in [0.3, 0.4) is 0 Å². The van der Waals surface area contributed by atoms with Crippen LogP contribution in [0.4, 0.5) is 18.9 Å². The molecule has 1 atom stereocenters. The molecule has 0 aromatic heterocycles. The highest BCUT2D eigenvalue weighted by Crippen LogP contribution is 2.32. The minimum absolute atomic E-state index is 0.0329. The lowest BCUT2D eigenvalue weighted by atomic mass is 9.97. The third-order valence-electron chi connectivity index (χ3n) is 4.13. The summed E-state index contributed by atoms with van der Waals surface area (Å²) in [5.74, 6) is -0.661. The van der Waals surface area contributed by atoms with Crippen molar-refractivity contribution in [2.24, 2.45) is 5.92 Å². The quantitative estimate of drug-likeness (QED) is 0.871. The van der Waals surface area contributed by atoms with E-state index in [9.17, 15) is 22.8 Å². The average Bonchev–Trinajstić information content (AvgIpc) is 2.53. The van der Waals surface area contributed by atoms with Crippen molar-refractivity contribution in [1.82, 2.24) is 10.2 Å². The number of likely N-dealkylation sites (tertiary alicyclic amines) is 1. The summed E-state index contributed by atoms with van der Waals surface area (Å²) in [4.78, 5) is 25.5. The molecule has 25 heavy (non-hydrogen) atoms. The summed E-state index contributed by atoms with van der Waals surface area (Å²) in [5.41, 5.74) is -1.05. The summed E-state index contributed by atoms with van der Waals surface area (Å²) in [5, 5.41) is 5.39. The van der Waals surface area contributed by atoms with Gasteiger partial charge in [0.2, 0.25) is 5.91 Å². The monoisotopic (exact) mass is 357 g/mol. The molecule has 5 nitrogen and oxygen atoms in total. The molecule has 8 heteroatoms. The zero-order valence-electron chi connectivity index (χ0n) is 14.2. The first-order chi connectivity index (χ1) is 11.7. The molecule has 1 aliphatic heterocycles. The van der Waals surface area contributed by atoms with Gasteiger partial charge in [0.1, 0.15) is 0 Å². The van der Waals surface area contributed by atoms with E-state index in [4.69, 9.17) is 0 Å². The topological polar surface area (TPSA) is 61.4 Å². The van der Waals surface area contributed by atoms with Gasteiger partial charge in [-0.15, -0.1) is 0 Å². The Kier molecular flexibility index (Phi) is 6.05. The molecule has 0 saturated carbocycles. The SMILES string of the molecule is CNCC1CCCN(C(=O)c2cc(NC(C)=O)cc(C(F)(F)F)c2)C1. The molecule has 1 heterocycles. The molecule has 2 N–H and O–H groups in total. The van der Waals surface area contributed by atoms with Crippen LogP contribution in [0.5, 0.6) is 0 Å². The molecule has 1 aliphatic rings. The van der Waals surface area contributed by atoms with E-state index >= 15 is 0 Å². The Balaban J connectivity index is 2.29. The Morgan fingerprint density at radius 3 is 2.60 bits per heavy atom. The second kappa shape index (κ2) is 7.86. The highest BCUT2D eigenvalue weighted by atomic mass is 19.4. The van der Waals surface area contributed by atoms with Crippen molar-refractivity contribution in [2.75, 3.05) is 32.0 Å². The van der Waals surface area contributed by atoms with Gasteiger partial charge < -0.3 is 15.5 Å². The van der Waals surface area contributed by atoms with Crippen molar-refractivity contribution in [3.63, 3.8) is 0 Å². The van der Waals surface area contributed by atoms with Crippen molar-refractivity contribution in [2.45, 2.75) is 25.9 Å². The summed E-state index contributed by atoms with van der Waals surface area (Å²) >= 11 is 0. The van der Waals surface area contributed by atoms with Crippen LogP contribution in [-0.4, -0.2) is 43.4 Å².